The fraction of sp³-hybridized carbons (Fsp3) is 0.182. The summed E-state index contributed by atoms with van der Waals surface area (Å²) in [7, 11) is 1.60. The highest BCUT2D eigenvalue weighted by Gasteiger charge is 2.67. The molecule has 4 aliphatic rings. The van der Waals surface area contributed by atoms with E-state index in [1.807, 2.05) is 61.7 Å². The maximum Gasteiger partial charge on any atom is 0.239 e. The number of aryl methyl sites for hydroxylation is 1. The van der Waals surface area contributed by atoms with E-state index in [4.69, 9.17) is 9.73 Å². The Kier molecular flexibility index (Phi) is 4.92. The molecule has 0 N–H and O–H groups in total. The van der Waals surface area contributed by atoms with Gasteiger partial charge in [0, 0.05) is 12.1 Å². The minimum atomic E-state index is -0.870. The number of hydrogen-bond donors (Lipinski definition) is 0. The van der Waals surface area contributed by atoms with Gasteiger partial charge in [0.15, 0.2) is 0 Å². The van der Waals surface area contributed by atoms with Gasteiger partial charge in [0.1, 0.15) is 5.75 Å². The minimum absolute atomic E-state index is 0.160. The van der Waals surface area contributed by atoms with Crippen molar-refractivity contribution in [1.82, 2.24) is 0 Å². The summed E-state index contributed by atoms with van der Waals surface area (Å²) in [6.07, 6.45) is 1.94. The van der Waals surface area contributed by atoms with Crippen LogP contribution in [0.1, 0.15) is 33.7 Å². The first kappa shape index (κ1) is 22.7. The zero-order valence-corrected chi connectivity index (χ0v) is 21.2. The van der Waals surface area contributed by atoms with Crippen LogP contribution >= 0.6 is 0 Å². The van der Waals surface area contributed by atoms with Crippen LogP contribution in [0.2, 0.25) is 0 Å². The molecule has 186 valence electrons. The van der Waals surface area contributed by atoms with Crippen molar-refractivity contribution in [1.29, 1.82) is 0 Å². The molecule has 0 saturated carbocycles. The second kappa shape index (κ2) is 8.25. The lowest BCUT2D eigenvalue weighted by Crippen LogP contribution is -2.54. The van der Waals surface area contributed by atoms with Gasteiger partial charge < -0.3 is 4.74 Å². The van der Waals surface area contributed by atoms with Crippen molar-refractivity contribution in [2.75, 3.05) is 12.0 Å². The van der Waals surface area contributed by atoms with Crippen molar-refractivity contribution >= 4 is 29.4 Å². The number of aliphatic imine (C=N–C) groups is 1. The van der Waals surface area contributed by atoms with E-state index in [0.29, 0.717) is 11.4 Å². The third-order valence-corrected chi connectivity index (χ3v) is 8.47. The third-order valence-electron chi connectivity index (χ3n) is 8.47. The number of rotatable bonds is 4. The Labute approximate surface area is 221 Å². The second-order valence-corrected chi connectivity index (χ2v) is 10.3. The first-order valence-electron chi connectivity index (χ1n) is 12.9. The molecule has 4 aromatic rings. The number of methoxy groups -OCH3 is 1. The normalized spacial score (nSPS) is 24.9. The summed E-state index contributed by atoms with van der Waals surface area (Å²) < 4.78 is 5.30. The summed E-state index contributed by atoms with van der Waals surface area (Å²) in [5.41, 5.74) is 5.97. The van der Waals surface area contributed by atoms with Crippen LogP contribution in [0.15, 0.2) is 102 Å². The molecule has 1 saturated heterocycles. The predicted octanol–water partition coefficient (Wildman–Crippen LogP) is 5.96. The lowest BCUT2D eigenvalue weighted by Gasteiger charge is -2.52. The zero-order valence-electron chi connectivity index (χ0n) is 21.2. The molecule has 5 nitrogen and oxygen atoms in total. The molecule has 2 amide bonds. The first-order valence-corrected chi connectivity index (χ1v) is 12.9. The number of nitrogens with zero attached hydrogens (tertiary/aromatic N) is 2. The van der Waals surface area contributed by atoms with Crippen LogP contribution in [0, 0.1) is 18.8 Å². The number of carbonyl (C=O) groups excluding carboxylic acids is 2. The standard InChI is InChI=1S/C33H26N2O3/c1-20-11-13-21(14-12-20)34-19-33-26-9-5-3-7-24(26)28(25-8-4-6-10-27(25)33)29-30(33)32(37)35(31(29)36)22-15-17-23(38-2)18-16-22/h3-19,28-30H,1-2H3/t28?,29-,30-,33?/m1/s1. The molecule has 2 atom stereocenters. The Morgan fingerprint density at radius 2 is 1.39 bits per heavy atom. The summed E-state index contributed by atoms with van der Waals surface area (Å²) in [6, 6.07) is 31.6. The van der Waals surface area contributed by atoms with E-state index in [1.54, 1.807) is 31.4 Å². The van der Waals surface area contributed by atoms with E-state index in [9.17, 15) is 9.59 Å². The highest BCUT2D eigenvalue weighted by atomic mass is 16.5. The number of hydrogen-bond acceptors (Lipinski definition) is 4. The third kappa shape index (κ3) is 2.96. The van der Waals surface area contributed by atoms with Gasteiger partial charge in [-0.1, -0.05) is 66.2 Å². The molecular weight excluding hydrogens is 472 g/mol. The Bertz CT molecular complexity index is 1570. The quantitative estimate of drug-likeness (QED) is 0.258. The Balaban J connectivity index is 1.47. The van der Waals surface area contributed by atoms with Crippen LogP contribution in [0.25, 0.3) is 0 Å². The van der Waals surface area contributed by atoms with E-state index in [-0.39, 0.29) is 17.7 Å². The molecule has 38 heavy (non-hydrogen) atoms. The van der Waals surface area contributed by atoms with Crippen molar-refractivity contribution < 1.29 is 14.3 Å². The van der Waals surface area contributed by atoms with Crippen LogP contribution in [0.5, 0.6) is 5.75 Å². The first-order chi connectivity index (χ1) is 18.5. The van der Waals surface area contributed by atoms with Crippen molar-refractivity contribution in [3.63, 3.8) is 0 Å². The van der Waals surface area contributed by atoms with E-state index in [0.717, 1.165) is 33.5 Å². The van der Waals surface area contributed by atoms with Gasteiger partial charge in [0.05, 0.1) is 35.7 Å². The summed E-state index contributed by atoms with van der Waals surface area (Å²) in [5.74, 6) is -0.977. The van der Waals surface area contributed by atoms with E-state index in [1.165, 1.54) is 4.90 Å². The lowest BCUT2D eigenvalue weighted by molar-refractivity contribution is -0.122. The molecule has 4 aromatic carbocycles. The van der Waals surface area contributed by atoms with Gasteiger partial charge in [-0.15, -0.1) is 0 Å². The molecule has 1 fully saturated rings. The van der Waals surface area contributed by atoms with Gasteiger partial charge in [-0.2, -0.15) is 0 Å². The van der Waals surface area contributed by atoms with Crippen molar-refractivity contribution in [3.8, 4) is 5.75 Å². The summed E-state index contributed by atoms with van der Waals surface area (Å²) in [6.45, 7) is 2.04. The maximum atomic E-state index is 14.4. The second-order valence-electron chi connectivity index (χ2n) is 10.3. The summed E-state index contributed by atoms with van der Waals surface area (Å²) in [4.78, 5) is 34.9. The number of benzene rings is 4. The van der Waals surface area contributed by atoms with Crippen LogP contribution in [0.4, 0.5) is 11.4 Å². The molecule has 0 unspecified atom stereocenters. The molecule has 0 aromatic heterocycles. The molecule has 1 aliphatic heterocycles. The van der Waals surface area contributed by atoms with Crippen LogP contribution in [0.3, 0.4) is 0 Å². The monoisotopic (exact) mass is 498 g/mol. The summed E-state index contributed by atoms with van der Waals surface area (Å²) >= 11 is 0. The largest absolute Gasteiger partial charge is 0.497 e. The smallest absolute Gasteiger partial charge is 0.239 e. The number of imide groups is 1. The van der Waals surface area contributed by atoms with Gasteiger partial charge >= 0.3 is 0 Å². The molecule has 1 heterocycles. The van der Waals surface area contributed by atoms with Gasteiger partial charge in [0.25, 0.3) is 0 Å². The summed E-state index contributed by atoms with van der Waals surface area (Å²) in [5, 5.41) is 0. The average molecular weight is 499 g/mol. The SMILES string of the molecule is COc1ccc(N2C(=O)[C@@H]3C4c5ccccc5C(C=Nc5ccc(C)cc5)(c5ccccc54)[C@H]3C2=O)cc1. The zero-order chi connectivity index (χ0) is 26.0. The molecule has 5 heteroatoms. The molecule has 2 bridgehead atoms. The van der Waals surface area contributed by atoms with Gasteiger partial charge in [-0.25, -0.2) is 4.90 Å². The van der Waals surface area contributed by atoms with Crippen molar-refractivity contribution in [3.05, 3.63) is 125 Å². The van der Waals surface area contributed by atoms with Crippen LogP contribution in [-0.4, -0.2) is 25.1 Å². The number of carbonyl (C=O) groups is 2. The van der Waals surface area contributed by atoms with Crippen LogP contribution in [-0.2, 0) is 15.0 Å². The van der Waals surface area contributed by atoms with Gasteiger partial charge in [-0.3, -0.25) is 14.6 Å². The minimum Gasteiger partial charge on any atom is -0.497 e. The van der Waals surface area contributed by atoms with Gasteiger partial charge in [0.2, 0.25) is 11.8 Å². The molecule has 0 radical (unpaired) electrons. The van der Waals surface area contributed by atoms with Gasteiger partial charge in [-0.05, 0) is 65.6 Å². The van der Waals surface area contributed by atoms with Crippen LogP contribution < -0.4 is 9.64 Å². The highest BCUT2D eigenvalue weighted by Crippen LogP contribution is 2.63. The average Bonchev–Trinajstić information content (AvgIpc) is 3.23. The fourth-order valence-corrected chi connectivity index (χ4v) is 6.84. The van der Waals surface area contributed by atoms with Crippen molar-refractivity contribution in [2.45, 2.75) is 18.3 Å². The van der Waals surface area contributed by atoms with E-state index >= 15 is 0 Å². The number of ether oxygens (including phenoxy) is 1. The molecule has 3 aliphatic carbocycles. The van der Waals surface area contributed by atoms with Crippen molar-refractivity contribution in [2.24, 2.45) is 16.8 Å². The van der Waals surface area contributed by atoms with E-state index < -0.39 is 17.3 Å². The maximum absolute atomic E-state index is 14.4. The Morgan fingerprint density at radius 3 is 2.00 bits per heavy atom. The van der Waals surface area contributed by atoms with E-state index in [2.05, 4.69) is 24.3 Å². The fourth-order valence-electron chi connectivity index (χ4n) is 6.84. The Morgan fingerprint density at radius 1 is 0.789 bits per heavy atom. The lowest BCUT2D eigenvalue weighted by atomic mass is 9.47. The number of anilines is 1. The highest BCUT2D eigenvalue weighted by molar-refractivity contribution is 6.25. The molecule has 8 rings (SSSR count). The molecule has 0 spiro atoms. The number of amides is 2. The Hall–Kier alpha value is -4.51. The predicted molar refractivity (Wildman–Crippen MR) is 147 cm³/mol. The topological polar surface area (TPSA) is 59.0 Å². The molecular formula is C33H26N2O3.